The molecule has 1 aliphatic rings. The molecule has 0 radical (unpaired) electrons. The van der Waals surface area contributed by atoms with Gasteiger partial charge >= 0.3 is 6.03 Å². The van der Waals surface area contributed by atoms with Crippen molar-refractivity contribution in [2.24, 2.45) is 0 Å². The van der Waals surface area contributed by atoms with Crippen LogP contribution in [0.2, 0.25) is 10.0 Å². The Balaban J connectivity index is 1.68. The van der Waals surface area contributed by atoms with Crippen LogP contribution in [-0.4, -0.2) is 34.4 Å². The molecule has 1 atom stereocenters. The van der Waals surface area contributed by atoms with Crippen LogP contribution in [0.25, 0.3) is 0 Å². The van der Waals surface area contributed by atoms with Crippen LogP contribution < -0.4 is 10.6 Å². The van der Waals surface area contributed by atoms with Crippen LogP contribution in [-0.2, 0) is 4.79 Å². The minimum Gasteiger partial charge on any atom is -0.324 e. The van der Waals surface area contributed by atoms with E-state index in [1.54, 1.807) is 42.7 Å². The van der Waals surface area contributed by atoms with Gasteiger partial charge in [-0.15, -0.1) is 0 Å². The van der Waals surface area contributed by atoms with Crippen molar-refractivity contribution < 1.29 is 9.59 Å². The van der Waals surface area contributed by atoms with E-state index in [1.807, 2.05) is 0 Å². The summed E-state index contributed by atoms with van der Waals surface area (Å²) in [6.07, 6.45) is 4.54. The summed E-state index contributed by atoms with van der Waals surface area (Å²) in [5.74, 6) is -0.263. The molecule has 0 spiro atoms. The lowest BCUT2D eigenvalue weighted by Crippen LogP contribution is -2.45. The zero-order chi connectivity index (χ0) is 17.8. The second kappa shape index (κ2) is 7.72. The highest BCUT2D eigenvalue weighted by Gasteiger charge is 2.34. The summed E-state index contributed by atoms with van der Waals surface area (Å²) in [5.41, 5.74) is 1.14. The number of nitrogens with one attached hydrogen (secondary N) is 2. The van der Waals surface area contributed by atoms with Crippen molar-refractivity contribution in [3.63, 3.8) is 0 Å². The van der Waals surface area contributed by atoms with Gasteiger partial charge in [0.1, 0.15) is 6.04 Å². The molecule has 1 aliphatic heterocycles. The summed E-state index contributed by atoms with van der Waals surface area (Å²) in [4.78, 5) is 30.5. The molecular formula is C17H16Cl2N4O2. The van der Waals surface area contributed by atoms with E-state index in [0.717, 1.165) is 6.42 Å². The first-order valence-corrected chi connectivity index (χ1v) is 8.53. The van der Waals surface area contributed by atoms with Crippen LogP contribution in [0, 0.1) is 0 Å². The second-order valence-corrected chi connectivity index (χ2v) is 6.54. The quantitative estimate of drug-likeness (QED) is 0.846. The molecule has 1 aromatic heterocycles. The van der Waals surface area contributed by atoms with Crippen LogP contribution >= 0.6 is 23.2 Å². The minimum absolute atomic E-state index is 0.263. The normalized spacial score (nSPS) is 16.6. The van der Waals surface area contributed by atoms with E-state index in [1.165, 1.54) is 4.90 Å². The first-order valence-electron chi connectivity index (χ1n) is 7.77. The monoisotopic (exact) mass is 378 g/mol. The standard InChI is InChI=1S/C17H16Cl2N4O2/c18-11-8-12(19)10-14(9-11)21-16(24)15-2-1-7-23(15)17(25)22-13-3-5-20-6-4-13/h3-6,8-10,15H,1-2,7H2,(H,21,24)(H,20,22,25). The first kappa shape index (κ1) is 17.5. The van der Waals surface area contributed by atoms with Crippen LogP contribution in [0.5, 0.6) is 0 Å². The number of urea groups is 1. The first-order chi connectivity index (χ1) is 12.0. The number of amides is 3. The van der Waals surface area contributed by atoms with E-state index < -0.39 is 6.04 Å². The molecule has 8 heteroatoms. The molecule has 1 aromatic carbocycles. The summed E-state index contributed by atoms with van der Waals surface area (Å²) in [7, 11) is 0. The fraction of sp³-hybridized carbons (Fsp3) is 0.235. The molecule has 0 bridgehead atoms. The number of rotatable bonds is 3. The highest BCUT2D eigenvalue weighted by molar-refractivity contribution is 6.35. The Hall–Kier alpha value is -2.31. The molecule has 1 unspecified atom stereocenters. The molecular weight excluding hydrogens is 363 g/mol. The summed E-state index contributed by atoms with van der Waals surface area (Å²) in [5, 5.41) is 6.41. The Labute approximate surface area is 155 Å². The fourth-order valence-electron chi connectivity index (χ4n) is 2.76. The molecule has 3 amide bonds. The number of likely N-dealkylation sites (tertiary alicyclic amines) is 1. The highest BCUT2D eigenvalue weighted by Crippen LogP contribution is 2.25. The molecule has 2 N–H and O–H groups in total. The van der Waals surface area contributed by atoms with Gasteiger partial charge in [-0.2, -0.15) is 0 Å². The predicted molar refractivity (Wildman–Crippen MR) is 98.1 cm³/mol. The zero-order valence-electron chi connectivity index (χ0n) is 13.2. The van der Waals surface area contributed by atoms with Gasteiger partial charge in [0, 0.05) is 40.4 Å². The summed E-state index contributed by atoms with van der Waals surface area (Å²) in [6.45, 7) is 0.519. The zero-order valence-corrected chi connectivity index (χ0v) is 14.7. The van der Waals surface area contributed by atoms with Crippen molar-refractivity contribution >= 4 is 46.5 Å². The summed E-state index contributed by atoms with van der Waals surface area (Å²) < 4.78 is 0. The highest BCUT2D eigenvalue weighted by atomic mass is 35.5. The number of carbonyl (C=O) groups is 2. The number of hydrogen-bond acceptors (Lipinski definition) is 3. The van der Waals surface area contributed by atoms with Gasteiger partial charge in [-0.1, -0.05) is 23.2 Å². The number of nitrogens with zero attached hydrogens (tertiary/aromatic N) is 2. The topological polar surface area (TPSA) is 74.3 Å². The molecule has 0 saturated carbocycles. The molecule has 130 valence electrons. The van der Waals surface area contributed by atoms with E-state index in [9.17, 15) is 9.59 Å². The molecule has 2 aromatic rings. The Bertz CT molecular complexity index is 765. The number of benzene rings is 1. The fourth-order valence-corrected chi connectivity index (χ4v) is 3.29. The van der Waals surface area contributed by atoms with Crippen LogP contribution in [0.1, 0.15) is 12.8 Å². The maximum absolute atomic E-state index is 12.6. The van der Waals surface area contributed by atoms with Gasteiger partial charge in [-0.05, 0) is 43.2 Å². The lowest BCUT2D eigenvalue weighted by Gasteiger charge is -2.24. The number of halogens is 2. The Morgan fingerprint density at radius 3 is 2.40 bits per heavy atom. The third kappa shape index (κ3) is 4.41. The number of hydrogen-bond donors (Lipinski definition) is 2. The van der Waals surface area contributed by atoms with Crippen molar-refractivity contribution in [3.05, 3.63) is 52.8 Å². The smallest absolute Gasteiger partial charge is 0.322 e. The molecule has 3 rings (SSSR count). The lowest BCUT2D eigenvalue weighted by atomic mass is 10.2. The van der Waals surface area contributed by atoms with E-state index in [2.05, 4.69) is 15.6 Å². The van der Waals surface area contributed by atoms with Crippen molar-refractivity contribution in [2.45, 2.75) is 18.9 Å². The maximum Gasteiger partial charge on any atom is 0.322 e. The van der Waals surface area contributed by atoms with Crippen molar-refractivity contribution in [1.82, 2.24) is 9.88 Å². The van der Waals surface area contributed by atoms with Gasteiger partial charge in [0.05, 0.1) is 0 Å². The van der Waals surface area contributed by atoms with Crippen molar-refractivity contribution in [1.29, 1.82) is 0 Å². The minimum atomic E-state index is -0.542. The van der Waals surface area contributed by atoms with E-state index in [0.29, 0.717) is 34.4 Å². The average molecular weight is 379 g/mol. The van der Waals surface area contributed by atoms with E-state index >= 15 is 0 Å². The Kier molecular flexibility index (Phi) is 5.40. The van der Waals surface area contributed by atoms with E-state index in [4.69, 9.17) is 23.2 Å². The molecule has 0 aliphatic carbocycles. The molecule has 1 fully saturated rings. The largest absolute Gasteiger partial charge is 0.324 e. The van der Waals surface area contributed by atoms with Gasteiger partial charge in [-0.25, -0.2) is 4.79 Å². The SMILES string of the molecule is O=C(Nc1cc(Cl)cc(Cl)c1)C1CCCN1C(=O)Nc1ccncc1. The van der Waals surface area contributed by atoms with Gasteiger partial charge in [0.15, 0.2) is 0 Å². The number of aromatic nitrogens is 1. The van der Waals surface area contributed by atoms with Gasteiger partial charge in [0.25, 0.3) is 0 Å². The molecule has 1 saturated heterocycles. The molecule has 25 heavy (non-hydrogen) atoms. The predicted octanol–water partition coefficient (Wildman–Crippen LogP) is 4.02. The third-order valence-electron chi connectivity index (χ3n) is 3.88. The maximum atomic E-state index is 12.6. The van der Waals surface area contributed by atoms with Gasteiger partial charge in [-0.3, -0.25) is 9.78 Å². The number of anilines is 2. The molecule has 2 heterocycles. The van der Waals surface area contributed by atoms with E-state index in [-0.39, 0.29) is 11.9 Å². The van der Waals surface area contributed by atoms with Crippen LogP contribution in [0.3, 0.4) is 0 Å². The average Bonchev–Trinajstić information content (AvgIpc) is 3.04. The summed E-state index contributed by atoms with van der Waals surface area (Å²) in [6, 6.07) is 7.34. The third-order valence-corrected chi connectivity index (χ3v) is 4.31. The van der Waals surface area contributed by atoms with Crippen LogP contribution in [0.4, 0.5) is 16.2 Å². The summed E-state index contributed by atoms with van der Waals surface area (Å²) >= 11 is 11.9. The Morgan fingerprint density at radius 1 is 1.04 bits per heavy atom. The number of carbonyl (C=O) groups excluding carboxylic acids is 2. The van der Waals surface area contributed by atoms with Gasteiger partial charge in [0.2, 0.25) is 5.91 Å². The number of pyridine rings is 1. The van der Waals surface area contributed by atoms with Gasteiger partial charge < -0.3 is 15.5 Å². The molecule has 6 nitrogen and oxygen atoms in total. The van der Waals surface area contributed by atoms with Crippen molar-refractivity contribution in [2.75, 3.05) is 17.2 Å². The van der Waals surface area contributed by atoms with Crippen molar-refractivity contribution in [3.8, 4) is 0 Å². The van der Waals surface area contributed by atoms with Crippen LogP contribution in [0.15, 0.2) is 42.7 Å². The second-order valence-electron chi connectivity index (χ2n) is 5.66. The Morgan fingerprint density at radius 2 is 1.72 bits per heavy atom. The lowest BCUT2D eigenvalue weighted by molar-refractivity contribution is -0.119.